The molecule has 3 rings (SSSR count). The molecule has 0 aliphatic heterocycles. The van der Waals surface area contributed by atoms with Crippen LogP contribution in [0.2, 0.25) is 0 Å². The van der Waals surface area contributed by atoms with Crippen molar-refractivity contribution in [2.75, 3.05) is 14.1 Å². The Kier molecular flexibility index (Phi) is 4.74. The highest BCUT2D eigenvalue weighted by molar-refractivity contribution is 5.98. The summed E-state index contributed by atoms with van der Waals surface area (Å²) in [6, 6.07) is 8.95. The lowest BCUT2D eigenvalue weighted by Gasteiger charge is -2.12. The lowest BCUT2D eigenvalue weighted by Crippen LogP contribution is -2.03. The normalized spacial score (nSPS) is 11.4. The van der Waals surface area contributed by atoms with Gasteiger partial charge >= 0.3 is 5.69 Å². The van der Waals surface area contributed by atoms with Gasteiger partial charge in [-0.3, -0.25) is 10.1 Å². The fraction of sp³-hybridized carbons (Fsp3) is 0.158. The number of hydrogen-bond acceptors (Lipinski definition) is 6. The van der Waals surface area contributed by atoms with Crippen LogP contribution >= 0.6 is 0 Å². The second-order valence-corrected chi connectivity index (χ2v) is 6.24. The van der Waals surface area contributed by atoms with Crippen molar-refractivity contribution in [2.45, 2.75) is 6.61 Å². The molecule has 8 nitrogen and oxygen atoms in total. The van der Waals surface area contributed by atoms with Crippen molar-refractivity contribution < 1.29 is 20.2 Å². The maximum absolute atomic E-state index is 11.8. The van der Waals surface area contributed by atoms with Gasteiger partial charge in [-0.2, -0.15) is 0 Å². The third kappa shape index (κ3) is 3.18. The number of fused-ring (bicyclic) bond motifs is 1. The molecule has 0 amide bonds. The Morgan fingerprint density at radius 2 is 1.81 bits per heavy atom. The van der Waals surface area contributed by atoms with E-state index in [1.165, 1.54) is 24.3 Å². The van der Waals surface area contributed by atoms with E-state index in [1.54, 1.807) is 48.0 Å². The highest BCUT2D eigenvalue weighted by atomic mass is 16.6. The molecule has 0 spiro atoms. The summed E-state index contributed by atoms with van der Waals surface area (Å²) in [5.74, 6) is -0.0964. The van der Waals surface area contributed by atoms with Crippen LogP contribution in [0.25, 0.3) is 22.7 Å². The minimum Gasteiger partial charge on any atom is -0.508 e. The number of hydrogen-bond donors (Lipinski definition) is 3. The summed E-state index contributed by atoms with van der Waals surface area (Å²) in [5, 5.41) is 41.7. The molecular formula is C19H19N3O5. The molecule has 0 bridgehead atoms. The van der Waals surface area contributed by atoms with Gasteiger partial charge in [-0.15, -0.1) is 0 Å². The highest BCUT2D eigenvalue weighted by Gasteiger charge is 2.28. The van der Waals surface area contributed by atoms with Gasteiger partial charge < -0.3 is 24.8 Å². The van der Waals surface area contributed by atoms with Gasteiger partial charge in [-0.25, -0.2) is 0 Å². The maximum Gasteiger partial charge on any atom is 0.302 e. The Morgan fingerprint density at radius 1 is 1.15 bits per heavy atom. The molecule has 0 fully saturated rings. The molecule has 3 N–H and O–H groups in total. The molecule has 3 aromatic rings. The summed E-state index contributed by atoms with van der Waals surface area (Å²) in [6.45, 7) is -0.487. The molecule has 1 aromatic heterocycles. The van der Waals surface area contributed by atoms with E-state index in [0.717, 1.165) is 0 Å². The van der Waals surface area contributed by atoms with Crippen LogP contribution in [0.3, 0.4) is 0 Å². The Hall–Kier alpha value is -3.52. The lowest BCUT2D eigenvalue weighted by atomic mass is 10.1. The Balaban J connectivity index is 2.51. The molecule has 0 unspecified atom stereocenters. The number of benzene rings is 2. The summed E-state index contributed by atoms with van der Waals surface area (Å²) in [5.41, 5.74) is 1.23. The topological polar surface area (TPSA) is 112 Å². The highest BCUT2D eigenvalue weighted by Crippen LogP contribution is 2.40. The maximum atomic E-state index is 11.8. The van der Waals surface area contributed by atoms with Crippen molar-refractivity contribution in [3.05, 3.63) is 64.0 Å². The SMILES string of the molecule is CN(C)C=Cc1c([N+](=O)[O-])c2ccc(O)c(CO)c2n1-c1ccc(O)cc1. The smallest absolute Gasteiger partial charge is 0.302 e. The van der Waals surface area contributed by atoms with Gasteiger partial charge in [0.05, 0.1) is 22.4 Å². The number of nitro groups is 1. The monoisotopic (exact) mass is 369 g/mol. The average Bonchev–Trinajstić information content (AvgIpc) is 2.95. The van der Waals surface area contributed by atoms with E-state index < -0.39 is 11.5 Å². The van der Waals surface area contributed by atoms with Gasteiger partial charge in [0.15, 0.2) is 0 Å². The van der Waals surface area contributed by atoms with Crippen LogP contribution in [0.4, 0.5) is 5.69 Å². The fourth-order valence-electron chi connectivity index (χ4n) is 3.03. The minimum atomic E-state index is -0.487. The molecule has 1 heterocycles. The number of phenolic OH excluding ortho intramolecular Hbond substituents is 1. The summed E-state index contributed by atoms with van der Waals surface area (Å²) in [4.78, 5) is 13.1. The van der Waals surface area contributed by atoms with Crippen LogP contribution in [0.1, 0.15) is 11.3 Å². The van der Waals surface area contributed by atoms with Gasteiger partial charge in [0.1, 0.15) is 17.2 Å². The van der Waals surface area contributed by atoms with E-state index in [2.05, 4.69) is 0 Å². The number of rotatable bonds is 5. The third-order valence-corrected chi connectivity index (χ3v) is 4.20. The lowest BCUT2D eigenvalue weighted by molar-refractivity contribution is -0.383. The second kappa shape index (κ2) is 7.00. The van der Waals surface area contributed by atoms with E-state index in [9.17, 15) is 25.4 Å². The van der Waals surface area contributed by atoms with E-state index in [-0.39, 0.29) is 28.4 Å². The second-order valence-electron chi connectivity index (χ2n) is 6.24. The zero-order valence-corrected chi connectivity index (χ0v) is 14.8. The third-order valence-electron chi connectivity index (χ3n) is 4.20. The van der Waals surface area contributed by atoms with Crippen molar-refractivity contribution in [2.24, 2.45) is 0 Å². The first-order valence-electron chi connectivity index (χ1n) is 8.13. The van der Waals surface area contributed by atoms with Crippen molar-refractivity contribution in [3.8, 4) is 17.2 Å². The first kappa shape index (κ1) is 18.3. The number of phenols is 2. The molecule has 8 heteroatoms. The summed E-state index contributed by atoms with van der Waals surface area (Å²) >= 11 is 0. The zero-order valence-electron chi connectivity index (χ0n) is 14.8. The van der Waals surface area contributed by atoms with Crippen LogP contribution < -0.4 is 0 Å². The summed E-state index contributed by atoms with van der Waals surface area (Å²) < 4.78 is 1.60. The van der Waals surface area contributed by atoms with Crippen molar-refractivity contribution in [1.82, 2.24) is 9.47 Å². The number of aromatic hydroxyl groups is 2. The average molecular weight is 369 g/mol. The molecule has 140 valence electrons. The quantitative estimate of drug-likeness (QED) is 0.471. The van der Waals surface area contributed by atoms with Crippen molar-refractivity contribution in [1.29, 1.82) is 0 Å². The first-order chi connectivity index (χ1) is 12.8. The molecule has 0 saturated carbocycles. The first-order valence-corrected chi connectivity index (χ1v) is 8.13. The van der Waals surface area contributed by atoms with Gasteiger partial charge in [-0.1, -0.05) is 0 Å². The molecule has 0 aliphatic rings. The number of aromatic nitrogens is 1. The Morgan fingerprint density at radius 3 is 2.37 bits per heavy atom. The van der Waals surface area contributed by atoms with E-state index in [0.29, 0.717) is 16.6 Å². The van der Waals surface area contributed by atoms with Crippen molar-refractivity contribution >= 4 is 22.7 Å². The summed E-state index contributed by atoms with van der Waals surface area (Å²) in [7, 11) is 3.59. The molecule has 0 atom stereocenters. The molecular weight excluding hydrogens is 350 g/mol. The predicted molar refractivity (Wildman–Crippen MR) is 102 cm³/mol. The van der Waals surface area contributed by atoms with E-state index in [1.807, 2.05) is 0 Å². The van der Waals surface area contributed by atoms with Crippen LogP contribution in [-0.2, 0) is 6.61 Å². The Labute approximate surface area is 155 Å². The fourth-order valence-corrected chi connectivity index (χ4v) is 3.03. The van der Waals surface area contributed by atoms with Gasteiger partial charge in [0.25, 0.3) is 0 Å². The van der Waals surface area contributed by atoms with Gasteiger partial charge in [-0.05, 0) is 42.5 Å². The molecule has 2 aromatic carbocycles. The number of aliphatic hydroxyl groups is 1. The molecule has 0 saturated heterocycles. The van der Waals surface area contributed by atoms with E-state index in [4.69, 9.17) is 0 Å². The number of nitrogens with zero attached hydrogens (tertiary/aromatic N) is 3. The number of aliphatic hydroxyl groups excluding tert-OH is 1. The molecule has 0 radical (unpaired) electrons. The van der Waals surface area contributed by atoms with Crippen LogP contribution in [0.15, 0.2) is 42.6 Å². The van der Waals surface area contributed by atoms with Crippen molar-refractivity contribution in [3.63, 3.8) is 0 Å². The minimum absolute atomic E-state index is 0.0559. The standard InChI is InChI=1S/C19H19N3O5/c1-20(2)10-9-16-19(22(26)27)14-7-8-17(25)15(11-23)18(14)21(16)12-3-5-13(24)6-4-12/h3-10,23-25H,11H2,1-2H3. The van der Waals surface area contributed by atoms with Crippen LogP contribution in [0, 0.1) is 10.1 Å². The van der Waals surface area contributed by atoms with Crippen LogP contribution in [-0.4, -0.2) is 43.8 Å². The Bertz CT molecular complexity index is 1040. The largest absolute Gasteiger partial charge is 0.508 e. The van der Waals surface area contributed by atoms with Gasteiger partial charge in [0, 0.05) is 31.5 Å². The van der Waals surface area contributed by atoms with Crippen LogP contribution in [0.5, 0.6) is 11.5 Å². The van der Waals surface area contributed by atoms with Gasteiger partial charge in [0.2, 0.25) is 0 Å². The summed E-state index contributed by atoms with van der Waals surface area (Å²) in [6.07, 6.45) is 3.28. The predicted octanol–water partition coefficient (Wildman–Crippen LogP) is 2.97. The molecule has 0 aliphatic carbocycles. The zero-order chi connectivity index (χ0) is 19.7. The van der Waals surface area contributed by atoms with E-state index >= 15 is 0 Å². The molecule has 27 heavy (non-hydrogen) atoms.